The third-order valence-electron chi connectivity index (χ3n) is 3.35. The fraction of sp³-hybridized carbons (Fsp3) is 0.235. The van der Waals surface area contributed by atoms with E-state index in [1.165, 1.54) is 0 Å². The predicted octanol–water partition coefficient (Wildman–Crippen LogP) is 3.77. The van der Waals surface area contributed by atoms with Crippen LogP contribution in [-0.2, 0) is 0 Å². The molecule has 0 amide bonds. The number of benzene rings is 2. The average molecular weight is 350 g/mol. The van der Waals surface area contributed by atoms with Crippen molar-refractivity contribution < 1.29 is 4.74 Å². The van der Waals surface area contributed by atoms with Crippen LogP contribution in [0.15, 0.2) is 48.5 Å². The minimum atomic E-state index is 0.593. The number of halogens is 1. The van der Waals surface area contributed by atoms with Crippen LogP contribution >= 0.6 is 23.8 Å². The number of methoxy groups -OCH3 is 1. The van der Waals surface area contributed by atoms with Gasteiger partial charge in [0.1, 0.15) is 5.75 Å². The van der Waals surface area contributed by atoms with Gasteiger partial charge in [0.2, 0.25) is 0 Å². The molecule has 0 spiro atoms. The standard InChI is InChI=1S/C17H20ClN3OS/c1-21(15-7-9-16(22-2)10-8-15)12-11-19-17(23)20-14-5-3-13(18)4-6-14/h3-10H,11-12H2,1-2H3,(H2,19,20,23). The lowest BCUT2D eigenvalue weighted by molar-refractivity contribution is 0.415. The number of nitrogens with zero attached hydrogens (tertiary/aromatic N) is 1. The predicted molar refractivity (Wildman–Crippen MR) is 102 cm³/mol. The number of nitrogens with one attached hydrogen (secondary N) is 2. The molecule has 0 heterocycles. The normalized spacial score (nSPS) is 10.0. The third-order valence-corrected chi connectivity index (χ3v) is 3.85. The maximum atomic E-state index is 5.85. The van der Waals surface area contributed by atoms with Gasteiger partial charge in [0.25, 0.3) is 0 Å². The Morgan fingerprint density at radius 3 is 2.39 bits per heavy atom. The molecule has 0 radical (unpaired) electrons. The summed E-state index contributed by atoms with van der Waals surface area (Å²) in [5.74, 6) is 0.855. The number of hydrogen-bond donors (Lipinski definition) is 2. The first-order valence-corrected chi connectivity index (χ1v) is 8.03. The van der Waals surface area contributed by atoms with Crippen molar-refractivity contribution in [3.8, 4) is 5.75 Å². The summed E-state index contributed by atoms with van der Waals surface area (Å²) in [6, 6.07) is 15.4. The molecule has 2 aromatic rings. The second kappa shape index (κ2) is 8.60. The summed E-state index contributed by atoms with van der Waals surface area (Å²) in [6.45, 7) is 1.57. The summed E-state index contributed by atoms with van der Waals surface area (Å²) in [7, 11) is 3.70. The van der Waals surface area contributed by atoms with Crippen LogP contribution in [0, 0.1) is 0 Å². The molecule has 4 nitrogen and oxygen atoms in total. The largest absolute Gasteiger partial charge is 0.497 e. The van der Waals surface area contributed by atoms with Crippen molar-refractivity contribution in [1.82, 2.24) is 5.32 Å². The highest BCUT2D eigenvalue weighted by Crippen LogP contribution is 2.17. The van der Waals surface area contributed by atoms with E-state index in [9.17, 15) is 0 Å². The van der Waals surface area contributed by atoms with Crippen LogP contribution in [0.3, 0.4) is 0 Å². The summed E-state index contributed by atoms with van der Waals surface area (Å²) < 4.78 is 5.16. The van der Waals surface area contributed by atoms with Crippen LogP contribution in [-0.4, -0.2) is 32.4 Å². The highest BCUT2D eigenvalue weighted by atomic mass is 35.5. The molecule has 0 saturated carbocycles. The fourth-order valence-electron chi connectivity index (χ4n) is 2.01. The zero-order valence-corrected chi connectivity index (χ0v) is 14.7. The lowest BCUT2D eigenvalue weighted by atomic mass is 10.3. The first-order chi connectivity index (χ1) is 11.1. The summed E-state index contributed by atoms with van der Waals surface area (Å²) in [5.41, 5.74) is 2.04. The summed E-state index contributed by atoms with van der Waals surface area (Å²) in [4.78, 5) is 2.15. The van der Waals surface area contributed by atoms with E-state index in [1.807, 2.05) is 55.6 Å². The van der Waals surface area contributed by atoms with Gasteiger partial charge in [-0.15, -0.1) is 0 Å². The van der Waals surface area contributed by atoms with Crippen molar-refractivity contribution in [2.75, 3.05) is 37.5 Å². The van der Waals surface area contributed by atoms with Crippen LogP contribution < -0.4 is 20.3 Å². The third kappa shape index (κ3) is 5.62. The molecule has 122 valence electrons. The van der Waals surface area contributed by atoms with Crippen LogP contribution in [0.5, 0.6) is 5.75 Å². The van der Waals surface area contributed by atoms with Gasteiger partial charge in [0, 0.05) is 36.5 Å². The molecule has 2 N–H and O–H groups in total. The number of rotatable bonds is 6. The van der Waals surface area contributed by atoms with E-state index in [-0.39, 0.29) is 0 Å². The van der Waals surface area contributed by atoms with Crippen molar-refractivity contribution in [3.05, 3.63) is 53.6 Å². The SMILES string of the molecule is COc1ccc(N(C)CCNC(=S)Nc2ccc(Cl)cc2)cc1. The molecule has 0 bridgehead atoms. The number of thiocarbonyl (C=S) groups is 1. The molecule has 0 aliphatic heterocycles. The van der Waals surface area contributed by atoms with E-state index in [0.717, 1.165) is 30.2 Å². The Morgan fingerprint density at radius 2 is 1.78 bits per heavy atom. The van der Waals surface area contributed by atoms with Gasteiger partial charge in [-0.1, -0.05) is 11.6 Å². The maximum absolute atomic E-state index is 5.85. The Bertz CT molecular complexity index is 631. The van der Waals surface area contributed by atoms with Gasteiger partial charge in [-0.3, -0.25) is 0 Å². The van der Waals surface area contributed by atoms with E-state index < -0.39 is 0 Å². The van der Waals surface area contributed by atoms with E-state index in [2.05, 4.69) is 15.5 Å². The van der Waals surface area contributed by atoms with Crippen molar-refractivity contribution in [1.29, 1.82) is 0 Å². The molecular weight excluding hydrogens is 330 g/mol. The summed E-state index contributed by atoms with van der Waals surface area (Å²) in [6.07, 6.45) is 0. The zero-order chi connectivity index (χ0) is 16.7. The lowest BCUT2D eigenvalue weighted by Crippen LogP contribution is -2.35. The molecule has 0 aliphatic rings. The van der Waals surface area contributed by atoms with E-state index >= 15 is 0 Å². The number of hydrogen-bond acceptors (Lipinski definition) is 3. The first kappa shape index (κ1) is 17.4. The Morgan fingerprint density at radius 1 is 1.13 bits per heavy atom. The molecule has 0 aromatic heterocycles. The molecule has 2 rings (SSSR count). The Balaban J connectivity index is 1.74. The minimum absolute atomic E-state index is 0.593. The molecule has 23 heavy (non-hydrogen) atoms. The molecule has 0 atom stereocenters. The Kier molecular flexibility index (Phi) is 6.50. The zero-order valence-electron chi connectivity index (χ0n) is 13.2. The highest BCUT2D eigenvalue weighted by Gasteiger charge is 2.02. The monoisotopic (exact) mass is 349 g/mol. The van der Waals surface area contributed by atoms with Crippen LogP contribution in [0.25, 0.3) is 0 Å². The molecule has 0 saturated heterocycles. The average Bonchev–Trinajstić information content (AvgIpc) is 2.57. The van der Waals surface area contributed by atoms with Crippen molar-refractivity contribution in [2.45, 2.75) is 0 Å². The topological polar surface area (TPSA) is 36.5 Å². The van der Waals surface area contributed by atoms with Crippen LogP contribution in [0.4, 0.5) is 11.4 Å². The second-order valence-electron chi connectivity index (χ2n) is 5.01. The highest BCUT2D eigenvalue weighted by molar-refractivity contribution is 7.80. The summed E-state index contributed by atoms with van der Waals surface area (Å²) >= 11 is 11.1. The number of anilines is 2. The molecule has 2 aromatic carbocycles. The maximum Gasteiger partial charge on any atom is 0.170 e. The molecular formula is C17H20ClN3OS. The van der Waals surface area contributed by atoms with E-state index in [4.69, 9.17) is 28.6 Å². The summed E-state index contributed by atoms with van der Waals surface area (Å²) in [5, 5.41) is 7.61. The van der Waals surface area contributed by atoms with Crippen molar-refractivity contribution >= 4 is 40.3 Å². The van der Waals surface area contributed by atoms with Gasteiger partial charge in [0.05, 0.1) is 7.11 Å². The van der Waals surface area contributed by atoms with Gasteiger partial charge in [-0.25, -0.2) is 0 Å². The van der Waals surface area contributed by atoms with Gasteiger partial charge in [0.15, 0.2) is 5.11 Å². The molecule has 6 heteroatoms. The number of likely N-dealkylation sites (N-methyl/N-ethyl adjacent to an activating group) is 1. The van der Waals surface area contributed by atoms with Gasteiger partial charge in [-0.05, 0) is 60.7 Å². The van der Waals surface area contributed by atoms with E-state index in [1.54, 1.807) is 7.11 Å². The fourth-order valence-corrected chi connectivity index (χ4v) is 2.36. The lowest BCUT2D eigenvalue weighted by Gasteiger charge is -2.20. The van der Waals surface area contributed by atoms with E-state index in [0.29, 0.717) is 10.1 Å². The first-order valence-electron chi connectivity index (χ1n) is 7.24. The van der Waals surface area contributed by atoms with Gasteiger partial charge < -0.3 is 20.3 Å². The van der Waals surface area contributed by atoms with Crippen molar-refractivity contribution in [3.63, 3.8) is 0 Å². The minimum Gasteiger partial charge on any atom is -0.497 e. The second-order valence-corrected chi connectivity index (χ2v) is 5.85. The van der Waals surface area contributed by atoms with Gasteiger partial charge in [-0.2, -0.15) is 0 Å². The Hall–Kier alpha value is -1.98. The number of ether oxygens (including phenoxy) is 1. The quantitative estimate of drug-likeness (QED) is 0.776. The molecule has 0 unspecified atom stereocenters. The Labute approximate surface area is 147 Å². The molecule has 0 aliphatic carbocycles. The molecule has 0 fully saturated rings. The smallest absolute Gasteiger partial charge is 0.170 e. The van der Waals surface area contributed by atoms with Crippen LogP contribution in [0.1, 0.15) is 0 Å². The van der Waals surface area contributed by atoms with Crippen molar-refractivity contribution in [2.24, 2.45) is 0 Å². The van der Waals surface area contributed by atoms with Gasteiger partial charge >= 0.3 is 0 Å². The van der Waals surface area contributed by atoms with Crippen LogP contribution in [0.2, 0.25) is 5.02 Å².